The molecule has 0 bridgehead atoms. The average molecular weight is 345 g/mol. The Balaban J connectivity index is 1.68. The quantitative estimate of drug-likeness (QED) is 0.812. The van der Waals surface area contributed by atoms with E-state index in [0.29, 0.717) is 12.6 Å². The Morgan fingerprint density at radius 3 is 2.95 bits per heavy atom. The van der Waals surface area contributed by atoms with E-state index in [1.807, 2.05) is 20.8 Å². The van der Waals surface area contributed by atoms with Gasteiger partial charge < -0.3 is 15.0 Å². The number of thiophene rings is 1. The van der Waals surface area contributed by atoms with Gasteiger partial charge in [-0.15, -0.1) is 11.3 Å². The van der Waals surface area contributed by atoms with Crippen LogP contribution >= 0.6 is 22.9 Å². The molecule has 0 aliphatic heterocycles. The van der Waals surface area contributed by atoms with Crippen LogP contribution in [0.1, 0.15) is 50.1 Å². The highest BCUT2D eigenvalue weighted by molar-refractivity contribution is 7.16. The van der Waals surface area contributed by atoms with Gasteiger partial charge in [0, 0.05) is 24.5 Å². The summed E-state index contributed by atoms with van der Waals surface area (Å²) in [5.41, 5.74) is 0.915. The van der Waals surface area contributed by atoms with Gasteiger partial charge in [0.15, 0.2) is 0 Å². The molecule has 1 atom stereocenters. The lowest BCUT2D eigenvalue weighted by Gasteiger charge is -2.24. The molecule has 0 radical (unpaired) electrons. The van der Waals surface area contributed by atoms with Gasteiger partial charge in [0.1, 0.15) is 5.60 Å². The number of aryl methyl sites for hydroxylation is 1. The van der Waals surface area contributed by atoms with Gasteiger partial charge >= 0.3 is 6.09 Å². The van der Waals surface area contributed by atoms with Crippen LogP contribution in [0.5, 0.6) is 0 Å². The maximum absolute atomic E-state index is 11.8. The molecule has 0 saturated carbocycles. The summed E-state index contributed by atoms with van der Waals surface area (Å²) in [5, 5.41) is 3.56. The molecule has 124 valence electrons. The first-order valence-corrected chi connectivity index (χ1v) is 8.91. The lowest BCUT2D eigenvalue weighted by atomic mass is 10.2. The van der Waals surface area contributed by atoms with E-state index >= 15 is 0 Å². The van der Waals surface area contributed by atoms with Crippen LogP contribution in [-0.4, -0.2) is 36.7 Å². The van der Waals surface area contributed by atoms with Crippen molar-refractivity contribution in [2.24, 2.45) is 0 Å². The molecule has 1 heterocycles. The summed E-state index contributed by atoms with van der Waals surface area (Å²) in [7, 11) is 1.78. The van der Waals surface area contributed by atoms with Gasteiger partial charge in [-0.05, 0) is 58.2 Å². The Morgan fingerprint density at radius 1 is 1.55 bits per heavy atom. The minimum absolute atomic E-state index is 0.264. The predicted molar refractivity (Wildman–Crippen MR) is 91.9 cm³/mol. The van der Waals surface area contributed by atoms with Gasteiger partial charge in [0.2, 0.25) is 0 Å². The van der Waals surface area contributed by atoms with Crippen LogP contribution in [0.25, 0.3) is 0 Å². The molecule has 2 rings (SSSR count). The average Bonchev–Trinajstić information content (AvgIpc) is 2.92. The highest BCUT2D eigenvalue weighted by atomic mass is 35.5. The first-order chi connectivity index (χ1) is 10.3. The van der Waals surface area contributed by atoms with Crippen molar-refractivity contribution in [2.75, 3.05) is 20.1 Å². The Kier molecular flexibility index (Phi) is 5.75. The van der Waals surface area contributed by atoms with E-state index in [4.69, 9.17) is 16.3 Å². The summed E-state index contributed by atoms with van der Waals surface area (Å²) >= 11 is 7.76. The van der Waals surface area contributed by atoms with Crippen LogP contribution in [0.15, 0.2) is 6.07 Å². The zero-order valence-corrected chi connectivity index (χ0v) is 15.3. The molecular formula is C16H25ClN2O2S. The Morgan fingerprint density at radius 2 is 2.27 bits per heavy atom. The van der Waals surface area contributed by atoms with Crippen molar-refractivity contribution < 1.29 is 9.53 Å². The van der Waals surface area contributed by atoms with Crippen molar-refractivity contribution in [3.05, 3.63) is 20.8 Å². The second-order valence-electron chi connectivity index (χ2n) is 6.73. The SMILES string of the molecule is CN(CCCNC1CCc2sc(Cl)cc21)C(=O)OC(C)(C)C. The van der Waals surface area contributed by atoms with Gasteiger partial charge in [-0.3, -0.25) is 0 Å². The number of ether oxygens (including phenoxy) is 1. The fourth-order valence-corrected chi connectivity index (χ4v) is 3.92. The lowest BCUT2D eigenvalue weighted by Crippen LogP contribution is -2.35. The number of nitrogens with one attached hydrogen (secondary N) is 1. The zero-order valence-electron chi connectivity index (χ0n) is 13.7. The fraction of sp³-hybridized carbons (Fsp3) is 0.688. The van der Waals surface area contributed by atoms with Gasteiger partial charge in [0.05, 0.1) is 4.34 Å². The molecule has 0 fully saturated rings. The topological polar surface area (TPSA) is 41.6 Å². The summed E-state index contributed by atoms with van der Waals surface area (Å²) in [4.78, 5) is 14.9. The van der Waals surface area contributed by atoms with E-state index in [1.165, 1.54) is 10.4 Å². The summed E-state index contributed by atoms with van der Waals surface area (Å²) in [6.45, 7) is 7.20. The van der Waals surface area contributed by atoms with E-state index in [2.05, 4.69) is 11.4 Å². The molecule has 1 aromatic heterocycles. The van der Waals surface area contributed by atoms with Gasteiger partial charge in [0.25, 0.3) is 0 Å². The standard InChI is InChI=1S/C16H25ClN2O2S/c1-16(2,3)21-15(20)19(4)9-5-8-18-12-6-7-13-11(12)10-14(17)22-13/h10,12,18H,5-9H2,1-4H3. The number of rotatable bonds is 5. The molecule has 1 aliphatic carbocycles. The van der Waals surface area contributed by atoms with Crippen LogP contribution in [0.4, 0.5) is 4.79 Å². The van der Waals surface area contributed by atoms with E-state index in [9.17, 15) is 4.79 Å². The Bertz CT molecular complexity index is 525. The molecule has 0 aromatic carbocycles. The van der Waals surface area contributed by atoms with E-state index in [0.717, 1.165) is 30.1 Å². The molecule has 1 amide bonds. The van der Waals surface area contributed by atoms with Crippen LogP contribution in [-0.2, 0) is 11.2 Å². The molecule has 6 heteroatoms. The lowest BCUT2D eigenvalue weighted by molar-refractivity contribution is 0.0297. The minimum atomic E-state index is -0.442. The second kappa shape index (κ2) is 7.20. The Labute approximate surface area is 141 Å². The van der Waals surface area contributed by atoms with Crippen molar-refractivity contribution in [3.63, 3.8) is 0 Å². The van der Waals surface area contributed by atoms with Crippen LogP contribution < -0.4 is 5.32 Å². The summed E-state index contributed by atoms with van der Waals surface area (Å²) < 4.78 is 6.21. The second-order valence-corrected chi connectivity index (χ2v) is 8.50. The van der Waals surface area contributed by atoms with Crippen molar-refractivity contribution in [3.8, 4) is 0 Å². The molecular weight excluding hydrogens is 320 g/mol. The largest absolute Gasteiger partial charge is 0.444 e. The van der Waals surface area contributed by atoms with E-state index in [-0.39, 0.29) is 6.09 Å². The maximum atomic E-state index is 11.8. The maximum Gasteiger partial charge on any atom is 0.410 e. The summed E-state index contributed by atoms with van der Waals surface area (Å²) in [6, 6.07) is 2.49. The third-order valence-electron chi connectivity index (χ3n) is 3.61. The van der Waals surface area contributed by atoms with Crippen LogP contribution in [0, 0.1) is 0 Å². The van der Waals surface area contributed by atoms with Crippen molar-refractivity contribution in [2.45, 2.75) is 51.7 Å². The third kappa shape index (κ3) is 4.86. The Hall–Kier alpha value is -0.780. The number of amides is 1. The number of hydrogen-bond acceptors (Lipinski definition) is 4. The summed E-state index contributed by atoms with van der Waals surface area (Å²) in [6.07, 6.45) is 2.89. The molecule has 1 aliphatic rings. The summed E-state index contributed by atoms with van der Waals surface area (Å²) in [5.74, 6) is 0. The van der Waals surface area contributed by atoms with E-state index in [1.54, 1.807) is 23.3 Å². The van der Waals surface area contributed by atoms with Crippen molar-refractivity contribution in [1.29, 1.82) is 0 Å². The molecule has 0 saturated heterocycles. The van der Waals surface area contributed by atoms with Crippen LogP contribution in [0.2, 0.25) is 4.34 Å². The number of halogens is 1. The van der Waals surface area contributed by atoms with E-state index < -0.39 is 5.60 Å². The zero-order chi connectivity index (χ0) is 16.3. The first kappa shape index (κ1) is 17.6. The van der Waals surface area contributed by atoms with Gasteiger partial charge in [-0.2, -0.15) is 0 Å². The van der Waals surface area contributed by atoms with Gasteiger partial charge in [-0.1, -0.05) is 11.6 Å². The molecule has 0 spiro atoms. The minimum Gasteiger partial charge on any atom is -0.444 e. The third-order valence-corrected chi connectivity index (χ3v) is 4.95. The smallest absolute Gasteiger partial charge is 0.410 e. The van der Waals surface area contributed by atoms with Crippen molar-refractivity contribution >= 4 is 29.0 Å². The number of nitrogens with zero attached hydrogens (tertiary/aromatic N) is 1. The highest BCUT2D eigenvalue weighted by Crippen LogP contribution is 2.39. The molecule has 1 N–H and O–H groups in total. The van der Waals surface area contributed by atoms with Crippen LogP contribution in [0.3, 0.4) is 0 Å². The molecule has 1 aromatic rings. The number of hydrogen-bond donors (Lipinski definition) is 1. The highest BCUT2D eigenvalue weighted by Gasteiger charge is 2.24. The molecule has 4 nitrogen and oxygen atoms in total. The monoisotopic (exact) mass is 344 g/mol. The molecule has 1 unspecified atom stereocenters. The normalized spacial score (nSPS) is 17.4. The number of carbonyl (C=O) groups excluding carboxylic acids is 1. The number of fused-ring (bicyclic) bond motifs is 1. The fourth-order valence-electron chi connectivity index (χ4n) is 2.57. The predicted octanol–water partition coefficient (Wildman–Crippen LogP) is 4.24. The van der Waals surface area contributed by atoms with Gasteiger partial charge in [-0.25, -0.2) is 4.79 Å². The first-order valence-electron chi connectivity index (χ1n) is 7.72. The van der Waals surface area contributed by atoms with Crippen molar-refractivity contribution in [1.82, 2.24) is 10.2 Å². The molecule has 22 heavy (non-hydrogen) atoms. The number of carbonyl (C=O) groups is 1.